The molecule has 8 nitrogen and oxygen atoms in total. The number of rotatable bonds is 16. The predicted octanol–water partition coefficient (Wildman–Crippen LogP) is 4.12. The number of hydrogen-bond donors (Lipinski definition) is 4. The number of fused-ring (bicyclic) bond motifs is 1. The summed E-state index contributed by atoms with van der Waals surface area (Å²) in [6.45, 7) is 11.9. The number of carbonyl (C=O) groups is 2. The van der Waals surface area contributed by atoms with Crippen molar-refractivity contribution in [1.29, 1.82) is 0 Å². The highest BCUT2D eigenvalue weighted by Gasteiger charge is 2.26. The summed E-state index contributed by atoms with van der Waals surface area (Å²) in [4.78, 5) is 25.5. The van der Waals surface area contributed by atoms with Gasteiger partial charge in [-0.1, -0.05) is 52.3 Å². The Morgan fingerprint density at radius 1 is 1.11 bits per heavy atom. The van der Waals surface area contributed by atoms with Crippen LogP contribution in [0.2, 0.25) is 0 Å². The van der Waals surface area contributed by atoms with Crippen molar-refractivity contribution in [2.45, 2.75) is 85.1 Å². The number of halogens is 1. The van der Waals surface area contributed by atoms with Crippen molar-refractivity contribution in [3.05, 3.63) is 36.0 Å². The van der Waals surface area contributed by atoms with Gasteiger partial charge in [-0.05, 0) is 44.1 Å². The Labute approximate surface area is 234 Å². The fraction of sp³-hybridized carbons (Fsp3) is 0.655. The number of nitrogens with one attached hydrogen (secondary N) is 2. The summed E-state index contributed by atoms with van der Waals surface area (Å²) in [5.74, 6) is -0.141. The lowest BCUT2D eigenvalue weighted by Gasteiger charge is -2.28. The fourth-order valence-electron chi connectivity index (χ4n) is 4.55. The molecule has 2 amide bonds. The third-order valence-corrected chi connectivity index (χ3v) is 7.30. The molecular formula is C29H49ClN4O4. The Kier molecular flexibility index (Phi) is 14.9. The van der Waals surface area contributed by atoms with Crippen molar-refractivity contribution < 1.29 is 19.4 Å². The van der Waals surface area contributed by atoms with Gasteiger partial charge in [-0.3, -0.25) is 9.59 Å². The van der Waals surface area contributed by atoms with E-state index in [2.05, 4.69) is 36.0 Å². The Morgan fingerprint density at radius 2 is 1.79 bits per heavy atom. The van der Waals surface area contributed by atoms with Gasteiger partial charge in [0.15, 0.2) is 0 Å². The van der Waals surface area contributed by atoms with E-state index in [0.717, 1.165) is 23.7 Å². The Bertz CT molecular complexity index is 996. The van der Waals surface area contributed by atoms with Crippen LogP contribution < -0.4 is 16.4 Å². The molecular weight excluding hydrogens is 504 g/mol. The molecule has 0 saturated carbocycles. The molecule has 38 heavy (non-hydrogen) atoms. The zero-order valence-electron chi connectivity index (χ0n) is 23.9. The van der Waals surface area contributed by atoms with Gasteiger partial charge >= 0.3 is 0 Å². The fourth-order valence-corrected chi connectivity index (χ4v) is 4.55. The van der Waals surface area contributed by atoms with Crippen molar-refractivity contribution in [3.8, 4) is 0 Å². The minimum Gasteiger partial charge on any atom is -0.391 e. The van der Waals surface area contributed by atoms with E-state index in [1.807, 2.05) is 44.3 Å². The number of aliphatic hydroxyl groups excluding tert-OH is 1. The van der Waals surface area contributed by atoms with Crippen molar-refractivity contribution in [2.24, 2.45) is 23.5 Å². The van der Waals surface area contributed by atoms with Gasteiger partial charge in [-0.2, -0.15) is 0 Å². The second kappa shape index (κ2) is 16.7. The van der Waals surface area contributed by atoms with E-state index in [1.165, 1.54) is 0 Å². The zero-order valence-corrected chi connectivity index (χ0v) is 24.7. The first-order chi connectivity index (χ1) is 17.6. The van der Waals surface area contributed by atoms with Crippen LogP contribution in [-0.4, -0.2) is 59.9 Å². The number of unbranched alkanes of at least 4 members (excludes halogenated alkanes) is 1. The summed E-state index contributed by atoms with van der Waals surface area (Å²) < 4.78 is 7.48. The van der Waals surface area contributed by atoms with Crippen LogP contribution in [0.4, 0.5) is 0 Å². The summed E-state index contributed by atoms with van der Waals surface area (Å²) in [5.41, 5.74) is 8.00. The van der Waals surface area contributed by atoms with Crippen LogP contribution in [0.15, 0.2) is 30.5 Å². The molecule has 2 rings (SSSR count). The first-order valence-corrected chi connectivity index (χ1v) is 13.7. The van der Waals surface area contributed by atoms with Crippen molar-refractivity contribution in [1.82, 2.24) is 15.2 Å². The standard InChI is InChI=1S/C29H48N4O4.ClH/c1-7-8-13-31-28(35)20(4)14-27(34)25(30)15-22(19(2)3)16-32-29(36)24-18-33(17-21(5)37-6)26-12-10-9-11-23(24)26;/h9-12,18-22,25,27,34H,7-8,13-17,30H2,1-6H3,(H,31,35)(H,32,36);1H/t20-,21?,22+,25+,27+;/m1./s1. The Hall–Kier alpha value is -2.13. The minimum absolute atomic E-state index is 0. The van der Waals surface area contributed by atoms with E-state index in [9.17, 15) is 14.7 Å². The number of aliphatic hydroxyl groups is 1. The number of para-hydroxylation sites is 1. The molecule has 0 fully saturated rings. The average molecular weight is 553 g/mol. The molecule has 0 radical (unpaired) electrons. The molecule has 0 spiro atoms. The van der Waals surface area contributed by atoms with Crippen LogP contribution in [0, 0.1) is 17.8 Å². The molecule has 1 aromatic heterocycles. The van der Waals surface area contributed by atoms with Crippen LogP contribution in [-0.2, 0) is 16.1 Å². The molecule has 0 aliphatic rings. The van der Waals surface area contributed by atoms with Crippen molar-refractivity contribution in [2.75, 3.05) is 20.2 Å². The van der Waals surface area contributed by atoms with Crippen molar-refractivity contribution >= 4 is 35.1 Å². The second-order valence-electron chi connectivity index (χ2n) is 10.7. The first-order valence-electron chi connectivity index (χ1n) is 13.7. The SMILES string of the molecule is CCCCNC(=O)[C@H](C)C[C@H](O)[C@@H](N)C[C@@H](CNC(=O)c1cn(CC(C)OC)c2ccccc12)C(C)C.Cl. The largest absolute Gasteiger partial charge is 0.391 e. The smallest absolute Gasteiger partial charge is 0.253 e. The van der Waals surface area contributed by atoms with E-state index in [-0.39, 0.29) is 48.1 Å². The van der Waals surface area contributed by atoms with Gasteiger partial charge in [-0.15, -0.1) is 12.4 Å². The van der Waals surface area contributed by atoms with E-state index in [1.54, 1.807) is 7.11 Å². The topological polar surface area (TPSA) is 119 Å². The van der Waals surface area contributed by atoms with Gasteiger partial charge < -0.3 is 30.8 Å². The number of carbonyl (C=O) groups excluding carboxylic acids is 2. The molecule has 0 aliphatic heterocycles. The van der Waals surface area contributed by atoms with E-state index in [4.69, 9.17) is 10.5 Å². The number of nitrogens with zero attached hydrogens (tertiary/aromatic N) is 1. The number of amides is 2. The van der Waals surface area contributed by atoms with Crippen LogP contribution in [0.5, 0.6) is 0 Å². The predicted molar refractivity (Wildman–Crippen MR) is 157 cm³/mol. The third kappa shape index (κ3) is 9.88. The number of aromatic nitrogens is 1. The van der Waals surface area contributed by atoms with Crippen molar-refractivity contribution in [3.63, 3.8) is 0 Å². The molecule has 9 heteroatoms. The lowest BCUT2D eigenvalue weighted by atomic mass is 9.86. The molecule has 1 unspecified atom stereocenters. The third-order valence-electron chi connectivity index (χ3n) is 7.30. The molecule has 2 aromatic rings. The normalized spacial score (nSPS) is 15.4. The number of benzene rings is 1. The Balaban J connectivity index is 0.00000722. The maximum absolute atomic E-state index is 13.2. The number of ether oxygens (including phenoxy) is 1. The highest BCUT2D eigenvalue weighted by atomic mass is 35.5. The minimum atomic E-state index is -0.787. The number of nitrogens with two attached hydrogens (primary N) is 1. The molecule has 0 aliphatic carbocycles. The van der Waals surface area contributed by atoms with Crippen LogP contribution >= 0.6 is 12.4 Å². The summed E-state index contributed by atoms with van der Waals surface area (Å²) in [5, 5.41) is 17.6. The van der Waals surface area contributed by atoms with E-state index >= 15 is 0 Å². The number of methoxy groups -OCH3 is 1. The van der Waals surface area contributed by atoms with Gasteiger partial charge in [0.1, 0.15) is 0 Å². The summed E-state index contributed by atoms with van der Waals surface area (Å²) in [6.07, 6.45) is 3.95. The monoisotopic (exact) mass is 552 g/mol. The summed E-state index contributed by atoms with van der Waals surface area (Å²) in [7, 11) is 1.68. The van der Waals surface area contributed by atoms with Gasteiger partial charge in [0.25, 0.3) is 5.91 Å². The molecule has 5 N–H and O–H groups in total. The molecule has 1 heterocycles. The lowest BCUT2D eigenvalue weighted by molar-refractivity contribution is -0.125. The zero-order chi connectivity index (χ0) is 27.5. The van der Waals surface area contributed by atoms with Gasteiger partial charge in [0, 0.05) is 55.8 Å². The van der Waals surface area contributed by atoms with Crippen LogP contribution in [0.3, 0.4) is 0 Å². The van der Waals surface area contributed by atoms with E-state index < -0.39 is 12.1 Å². The van der Waals surface area contributed by atoms with Gasteiger partial charge in [0.2, 0.25) is 5.91 Å². The molecule has 216 valence electrons. The van der Waals surface area contributed by atoms with Crippen LogP contribution in [0.25, 0.3) is 10.9 Å². The molecule has 0 saturated heterocycles. The first kappa shape index (κ1) is 33.9. The highest BCUT2D eigenvalue weighted by molar-refractivity contribution is 6.07. The highest BCUT2D eigenvalue weighted by Crippen LogP contribution is 2.23. The maximum Gasteiger partial charge on any atom is 0.253 e. The molecule has 1 aromatic carbocycles. The average Bonchev–Trinajstić information content (AvgIpc) is 3.24. The maximum atomic E-state index is 13.2. The molecule has 5 atom stereocenters. The summed E-state index contributed by atoms with van der Waals surface area (Å²) >= 11 is 0. The second-order valence-corrected chi connectivity index (χ2v) is 10.7. The molecule has 0 bridgehead atoms. The van der Waals surface area contributed by atoms with E-state index in [0.29, 0.717) is 38.0 Å². The Morgan fingerprint density at radius 3 is 2.42 bits per heavy atom. The number of hydrogen-bond acceptors (Lipinski definition) is 5. The summed E-state index contributed by atoms with van der Waals surface area (Å²) in [6, 6.07) is 7.40. The lowest BCUT2D eigenvalue weighted by Crippen LogP contribution is -2.42. The van der Waals surface area contributed by atoms with Gasteiger partial charge in [0.05, 0.1) is 17.8 Å². The van der Waals surface area contributed by atoms with Gasteiger partial charge in [-0.25, -0.2) is 0 Å². The van der Waals surface area contributed by atoms with Crippen LogP contribution in [0.1, 0.15) is 70.7 Å². The quantitative estimate of drug-likeness (QED) is 0.234.